The molecule has 1 fully saturated rings. The van der Waals surface area contributed by atoms with E-state index >= 15 is 0 Å². The van der Waals surface area contributed by atoms with E-state index in [9.17, 15) is 4.79 Å². The highest BCUT2D eigenvalue weighted by atomic mass is 16.2. The average molecular weight is 212 g/mol. The standard InChI is InChI=1S/C12H24N2O/c1-3-14(2)12(15)9-6-10-4-7-11(13)8-5-10/h10-11H,3-9,13H2,1-2H3. The third-order valence-electron chi connectivity index (χ3n) is 3.56. The first-order chi connectivity index (χ1) is 7.13. The van der Waals surface area contributed by atoms with E-state index in [4.69, 9.17) is 5.73 Å². The van der Waals surface area contributed by atoms with Crippen LogP contribution in [0.3, 0.4) is 0 Å². The van der Waals surface area contributed by atoms with Crippen molar-refractivity contribution >= 4 is 5.91 Å². The zero-order valence-corrected chi connectivity index (χ0v) is 10.0. The predicted octanol–water partition coefficient (Wildman–Crippen LogP) is 1.76. The highest BCUT2D eigenvalue weighted by Gasteiger charge is 2.19. The lowest BCUT2D eigenvalue weighted by molar-refractivity contribution is -0.130. The number of amides is 1. The van der Waals surface area contributed by atoms with Crippen molar-refractivity contribution in [3.05, 3.63) is 0 Å². The minimum atomic E-state index is 0.285. The molecule has 0 aromatic heterocycles. The summed E-state index contributed by atoms with van der Waals surface area (Å²) in [6.45, 7) is 2.83. The van der Waals surface area contributed by atoms with Crippen LogP contribution in [0.1, 0.15) is 45.4 Å². The van der Waals surface area contributed by atoms with Crippen LogP contribution < -0.4 is 5.73 Å². The first kappa shape index (κ1) is 12.5. The minimum absolute atomic E-state index is 0.285. The van der Waals surface area contributed by atoms with E-state index in [2.05, 4.69) is 0 Å². The van der Waals surface area contributed by atoms with Crippen LogP contribution >= 0.6 is 0 Å². The second-order valence-electron chi connectivity index (χ2n) is 4.73. The van der Waals surface area contributed by atoms with Crippen molar-refractivity contribution in [1.29, 1.82) is 0 Å². The molecular weight excluding hydrogens is 188 g/mol. The van der Waals surface area contributed by atoms with Crippen LogP contribution in [-0.4, -0.2) is 30.4 Å². The largest absolute Gasteiger partial charge is 0.346 e. The Balaban J connectivity index is 2.17. The number of nitrogens with zero attached hydrogens (tertiary/aromatic N) is 1. The molecule has 0 bridgehead atoms. The van der Waals surface area contributed by atoms with Crippen LogP contribution in [0.4, 0.5) is 0 Å². The summed E-state index contributed by atoms with van der Waals surface area (Å²) in [4.78, 5) is 13.4. The van der Waals surface area contributed by atoms with Gasteiger partial charge in [-0.05, 0) is 44.9 Å². The van der Waals surface area contributed by atoms with Crippen LogP contribution in [0.2, 0.25) is 0 Å². The highest BCUT2D eigenvalue weighted by Crippen LogP contribution is 2.26. The zero-order chi connectivity index (χ0) is 11.3. The number of hydrogen-bond acceptors (Lipinski definition) is 2. The molecule has 15 heavy (non-hydrogen) atoms. The molecule has 1 amide bonds. The van der Waals surface area contributed by atoms with Gasteiger partial charge in [0.1, 0.15) is 0 Å². The molecule has 0 saturated heterocycles. The Morgan fingerprint density at radius 2 is 1.93 bits per heavy atom. The first-order valence-electron chi connectivity index (χ1n) is 6.13. The van der Waals surface area contributed by atoms with Gasteiger partial charge in [-0.3, -0.25) is 4.79 Å². The lowest BCUT2D eigenvalue weighted by Crippen LogP contribution is -2.29. The third kappa shape index (κ3) is 4.20. The molecular formula is C12H24N2O. The molecule has 3 heteroatoms. The summed E-state index contributed by atoms with van der Waals surface area (Å²) in [7, 11) is 1.87. The topological polar surface area (TPSA) is 46.3 Å². The number of hydrogen-bond donors (Lipinski definition) is 1. The molecule has 0 heterocycles. The van der Waals surface area contributed by atoms with E-state index in [0.29, 0.717) is 12.5 Å². The van der Waals surface area contributed by atoms with Crippen molar-refractivity contribution in [1.82, 2.24) is 4.90 Å². The van der Waals surface area contributed by atoms with Gasteiger partial charge < -0.3 is 10.6 Å². The number of nitrogens with two attached hydrogens (primary N) is 1. The fraction of sp³-hybridized carbons (Fsp3) is 0.917. The SMILES string of the molecule is CCN(C)C(=O)CCC1CCC(N)CC1. The molecule has 1 aliphatic carbocycles. The Labute approximate surface area is 93.0 Å². The third-order valence-corrected chi connectivity index (χ3v) is 3.56. The van der Waals surface area contributed by atoms with E-state index in [-0.39, 0.29) is 5.91 Å². The summed E-state index contributed by atoms with van der Waals surface area (Å²) in [6, 6.07) is 0.412. The summed E-state index contributed by atoms with van der Waals surface area (Å²) < 4.78 is 0. The van der Waals surface area contributed by atoms with E-state index in [1.165, 1.54) is 12.8 Å². The summed E-state index contributed by atoms with van der Waals surface area (Å²) in [5.41, 5.74) is 5.85. The van der Waals surface area contributed by atoms with Gasteiger partial charge in [-0.25, -0.2) is 0 Å². The molecule has 1 aliphatic rings. The maximum Gasteiger partial charge on any atom is 0.222 e. The van der Waals surface area contributed by atoms with E-state index < -0.39 is 0 Å². The molecule has 0 aromatic rings. The fourth-order valence-electron chi connectivity index (χ4n) is 2.17. The van der Waals surface area contributed by atoms with Crippen LogP contribution in [0.15, 0.2) is 0 Å². The molecule has 1 rings (SSSR count). The molecule has 0 atom stereocenters. The molecule has 0 aromatic carbocycles. The lowest BCUT2D eigenvalue weighted by Gasteiger charge is -2.26. The molecule has 0 spiro atoms. The van der Waals surface area contributed by atoms with Crippen molar-refractivity contribution in [2.75, 3.05) is 13.6 Å². The monoisotopic (exact) mass is 212 g/mol. The van der Waals surface area contributed by atoms with E-state index in [1.54, 1.807) is 4.90 Å². The normalized spacial score (nSPS) is 26.3. The van der Waals surface area contributed by atoms with Gasteiger partial charge in [0.05, 0.1) is 0 Å². The van der Waals surface area contributed by atoms with Crippen LogP contribution in [-0.2, 0) is 4.79 Å². The molecule has 2 N–H and O–H groups in total. The smallest absolute Gasteiger partial charge is 0.222 e. The van der Waals surface area contributed by atoms with Crippen molar-refractivity contribution in [3.63, 3.8) is 0 Å². The Bertz CT molecular complexity index is 198. The Morgan fingerprint density at radius 3 is 2.47 bits per heavy atom. The summed E-state index contributed by atoms with van der Waals surface area (Å²) in [6.07, 6.45) is 6.47. The van der Waals surface area contributed by atoms with E-state index in [0.717, 1.165) is 31.7 Å². The van der Waals surface area contributed by atoms with Crippen LogP contribution in [0.25, 0.3) is 0 Å². The first-order valence-corrected chi connectivity index (χ1v) is 6.13. The summed E-state index contributed by atoms with van der Waals surface area (Å²) in [5.74, 6) is 1.02. The zero-order valence-electron chi connectivity index (χ0n) is 10.0. The molecule has 3 nitrogen and oxygen atoms in total. The molecule has 0 unspecified atom stereocenters. The second kappa shape index (κ2) is 6.11. The highest BCUT2D eigenvalue weighted by molar-refractivity contribution is 5.75. The number of rotatable bonds is 4. The Morgan fingerprint density at radius 1 is 1.33 bits per heavy atom. The van der Waals surface area contributed by atoms with Crippen molar-refractivity contribution in [2.24, 2.45) is 11.7 Å². The van der Waals surface area contributed by atoms with Gasteiger partial charge in [-0.15, -0.1) is 0 Å². The molecule has 88 valence electrons. The van der Waals surface area contributed by atoms with Crippen molar-refractivity contribution in [2.45, 2.75) is 51.5 Å². The van der Waals surface area contributed by atoms with Gasteiger partial charge in [-0.1, -0.05) is 0 Å². The maximum absolute atomic E-state index is 11.6. The van der Waals surface area contributed by atoms with Gasteiger partial charge in [0, 0.05) is 26.1 Å². The lowest BCUT2D eigenvalue weighted by atomic mass is 9.84. The van der Waals surface area contributed by atoms with Gasteiger partial charge in [0.25, 0.3) is 0 Å². The summed E-state index contributed by atoms with van der Waals surface area (Å²) in [5, 5.41) is 0. The van der Waals surface area contributed by atoms with Crippen molar-refractivity contribution in [3.8, 4) is 0 Å². The Kier molecular flexibility index (Phi) is 5.09. The Hall–Kier alpha value is -0.570. The fourth-order valence-corrected chi connectivity index (χ4v) is 2.17. The molecule has 1 saturated carbocycles. The van der Waals surface area contributed by atoms with E-state index in [1.807, 2.05) is 14.0 Å². The maximum atomic E-state index is 11.6. The number of carbonyl (C=O) groups is 1. The van der Waals surface area contributed by atoms with Crippen molar-refractivity contribution < 1.29 is 4.79 Å². The minimum Gasteiger partial charge on any atom is -0.346 e. The van der Waals surface area contributed by atoms with Gasteiger partial charge >= 0.3 is 0 Å². The van der Waals surface area contributed by atoms with Gasteiger partial charge in [0.15, 0.2) is 0 Å². The summed E-state index contributed by atoms with van der Waals surface area (Å²) >= 11 is 0. The predicted molar refractivity (Wildman–Crippen MR) is 62.5 cm³/mol. The molecule has 0 aliphatic heterocycles. The second-order valence-corrected chi connectivity index (χ2v) is 4.73. The van der Waals surface area contributed by atoms with Gasteiger partial charge in [0.2, 0.25) is 5.91 Å². The quantitative estimate of drug-likeness (QED) is 0.772. The molecule has 0 radical (unpaired) electrons. The van der Waals surface area contributed by atoms with Crippen LogP contribution in [0.5, 0.6) is 0 Å². The number of carbonyl (C=O) groups excluding carboxylic acids is 1. The van der Waals surface area contributed by atoms with Crippen LogP contribution in [0, 0.1) is 5.92 Å². The van der Waals surface area contributed by atoms with Gasteiger partial charge in [-0.2, -0.15) is 0 Å². The average Bonchev–Trinajstić information content (AvgIpc) is 2.26.